The fourth-order valence-corrected chi connectivity index (χ4v) is 3.91. The summed E-state index contributed by atoms with van der Waals surface area (Å²) in [6, 6.07) is 26.2. The summed E-state index contributed by atoms with van der Waals surface area (Å²) < 4.78 is 12.5. The van der Waals surface area contributed by atoms with E-state index in [2.05, 4.69) is 35.9 Å². The highest BCUT2D eigenvalue weighted by Gasteiger charge is 2.24. The van der Waals surface area contributed by atoms with Gasteiger partial charge in [-0.25, -0.2) is 0 Å². The molecule has 4 rings (SSSR count). The molecule has 0 aliphatic carbocycles. The summed E-state index contributed by atoms with van der Waals surface area (Å²) in [4.78, 5) is 2.53. The normalized spacial score (nSPS) is 14.3. The van der Waals surface area contributed by atoms with E-state index in [1.165, 1.54) is 11.1 Å². The molecule has 0 radical (unpaired) electrons. The van der Waals surface area contributed by atoms with Crippen molar-refractivity contribution in [3.8, 4) is 23.0 Å². The van der Waals surface area contributed by atoms with Crippen molar-refractivity contribution in [1.29, 1.82) is 0 Å². The van der Waals surface area contributed by atoms with E-state index in [1.54, 1.807) is 0 Å². The minimum Gasteiger partial charge on any atom is -0.453 e. The molecule has 3 aromatic rings. The zero-order valence-electron chi connectivity index (χ0n) is 18.9. The SMILES string of the molecule is C=C(C)C[C@H](c1ccc(Oc2ccccc2)c(Oc2ccccc2)c1)N1CCNCC1.Cl.Cl. The first-order chi connectivity index (χ1) is 15.2. The molecular weight excluding hydrogens is 455 g/mol. The maximum atomic E-state index is 6.29. The van der Waals surface area contributed by atoms with Crippen molar-refractivity contribution < 1.29 is 9.47 Å². The number of piperazine rings is 1. The van der Waals surface area contributed by atoms with Crippen LogP contribution in [0.25, 0.3) is 0 Å². The monoisotopic (exact) mass is 486 g/mol. The first-order valence-electron chi connectivity index (χ1n) is 10.9. The van der Waals surface area contributed by atoms with Crippen LogP contribution >= 0.6 is 24.8 Å². The number of halogens is 2. The lowest BCUT2D eigenvalue weighted by Crippen LogP contribution is -2.45. The van der Waals surface area contributed by atoms with E-state index in [0.29, 0.717) is 5.75 Å². The van der Waals surface area contributed by atoms with Crippen LogP contribution < -0.4 is 14.8 Å². The van der Waals surface area contributed by atoms with Gasteiger partial charge < -0.3 is 14.8 Å². The molecule has 176 valence electrons. The lowest BCUT2D eigenvalue weighted by molar-refractivity contribution is 0.172. The average molecular weight is 487 g/mol. The lowest BCUT2D eigenvalue weighted by atomic mass is 9.97. The van der Waals surface area contributed by atoms with Crippen molar-refractivity contribution >= 4 is 24.8 Å². The number of nitrogens with zero attached hydrogens (tertiary/aromatic N) is 1. The first-order valence-corrected chi connectivity index (χ1v) is 10.9. The van der Waals surface area contributed by atoms with Gasteiger partial charge in [-0.05, 0) is 55.3 Å². The zero-order valence-corrected chi connectivity index (χ0v) is 20.5. The minimum absolute atomic E-state index is 0. The van der Waals surface area contributed by atoms with E-state index in [1.807, 2.05) is 66.7 Å². The van der Waals surface area contributed by atoms with E-state index in [-0.39, 0.29) is 30.9 Å². The summed E-state index contributed by atoms with van der Waals surface area (Å²) in [5.74, 6) is 2.99. The number of nitrogens with one attached hydrogen (secondary N) is 1. The molecule has 1 aliphatic heterocycles. The predicted octanol–water partition coefficient (Wildman–Crippen LogP) is 7.03. The molecule has 6 heteroatoms. The quantitative estimate of drug-likeness (QED) is 0.346. The van der Waals surface area contributed by atoms with Crippen LogP contribution in [0.4, 0.5) is 0 Å². The van der Waals surface area contributed by atoms with Crippen molar-refractivity contribution in [2.75, 3.05) is 26.2 Å². The van der Waals surface area contributed by atoms with Crippen molar-refractivity contribution in [2.45, 2.75) is 19.4 Å². The molecule has 0 amide bonds. The first kappa shape index (κ1) is 26.7. The third-order valence-corrected chi connectivity index (χ3v) is 5.43. The molecular formula is C27H32Cl2N2O2. The summed E-state index contributed by atoms with van der Waals surface area (Å²) in [5.41, 5.74) is 2.40. The number of rotatable bonds is 8. The second-order valence-electron chi connectivity index (χ2n) is 8.00. The van der Waals surface area contributed by atoms with Crippen LogP contribution in [0.2, 0.25) is 0 Å². The van der Waals surface area contributed by atoms with Crippen molar-refractivity contribution in [3.05, 3.63) is 96.6 Å². The highest BCUT2D eigenvalue weighted by molar-refractivity contribution is 5.85. The maximum Gasteiger partial charge on any atom is 0.170 e. The van der Waals surface area contributed by atoms with E-state index in [0.717, 1.165) is 49.8 Å². The van der Waals surface area contributed by atoms with Gasteiger partial charge in [0.2, 0.25) is 0 Å². The molecule has 33 heavy (non-hydrogen) atoms. The smallest absolute Gasteiger partial charge is 0.170 e. The molecule has 0 aromatic heterocycles. The number of ether oxygens (including phenoxy) is 2. The molecule has 0 bridgehead atoms. The fraction of sp³-hybridized carbons (Fsp3) is 0.259. The van der Waals surface area contributed by atoms with Crippen LogP contribution in [0.3, 0.4) is 0 Å². The molecule has 1 atom stereocenters. The van der Waals surface area contributed by atoms with Gasteiger partial charge in [0.05, 0.1) is 0 Å². The topological polar surface area (TPSA) is 33.7 Å². The fourth-order valence-electron chi connectivity index (χ4n) is 3.91. The predicted molar refractivity (Wildman–Crippen MR) is 141 cm³/mol. The van der Waals surface area contributed by atoms with Crippen LogP contribution in [-0.4, -0.2) is 31.1 Å². The highest BCUT2D eigenvalue weighted by Crippen LogP contribution is 2.39. The van der Waals surface area contributed by atoms with Gasteiger partial charge in [0.1, 0.15) is 11.5 Å². The lowest BCUT2D eigenvalue weighted by Gasteiger charge is -2.35. The Balaban J connectivity index is 0.00000193. The Hall–Kier alpha value is -2.50. The molecule has 0 spiro atoms. The van der Waals surface area contributed by atoms with E-state index < -0.39 is 0 Å². The van der Waals surface area contributed by atoms with Crippen molar-refractivity contribution in [1.82, 2.24) is 10.2 Å². The van der Waals surface area contributed by atoms with Gasteiger partial charge in [0.25, 0.3) is 0 Å². The summed E-state index contributed by atoms with van der Waals surface area (Å²) in [7, 11) is 0. The molecule has 0 unspecified atom stereocenters. The average Bonchev–Trinajstić information content (AvgIpc) is 2.80. The van der Waals surface area contributed by atoms with Crippen LogP contribution in [0.1, 0.15) is 24.9 Å². The second kappa shape index (κ2) is 13.3. The van der Waals surface area contributed by atoms with E-state index in [9.17, 15) is 0 Å². The van der Waals surface area contributed by atoms with Gasteiger partial charge in [0.15, 0.2) is 11.5 Å². The molecule has 1 saturated heterocycles. The molecule has 0 saturated carbocycles. The van der Waals surface area contributed by atoms with Crippen LogP contribution in [-0.2, 0) is 0 Å². The second-order valence-corrected chi connectivity index (χ2v) is 8.00. The Morgan fingerprint density at radius 2 is 1.39 bits per heavy atom. The summed E-state index contributed by atoms with van der Waals surface area (Å²) >= 11 is 0. The molecule has 3 aromatic carbocycles. The van der Waals surface area contributed by atoms with Gasteiger partial charge in [-0.3, -0.25) is 4.90 Å². The van der Waals surface area contributed by atoms with Crippen molar-refractivity contribution in [3.63, 3.8) is 0 Å². The third kappa shape index (κ3) is 7.51. The number of hydrogen-bond acceptors (Lipinski definition) is 4. The Morgan fingerprint density at radius 3 is 1.94 bits per heavy atom. The summed E-state index contributed by atoms with van der Waals surface area (Å²) in [5, 5.41) is 3.45. The number of benzene rings is 3. The Kier molecular flexibility index (Phi) is 10.8. The van der Waals surface area contributed by atoms with Gasteiger partial charge in [-0.1, -0.05) is 48.0 Å². The molecule has 1 N–H and O–H groups in total. The van der Waals surface area contributed by atoms with Crippen LogP contribution in [0.5, 0.6) is 23.0 Å². The summed E-state index contributed by atoms with van der Waals surface area (Å²) in [6.07, 6.45) is 0.920. The van der Waals surface area contributed by atoms with E-state index in [4.69, 9.17) is 9.47 Å². The zero-order chi connectivity index (χ0) is 21.5. The molecule has 1 heterocycles. The highest BCUT2D eigenvalue weighted by atomic mass is 35.5. The Labute approximate surface area is 209 Å². The molecule has 4 nitrogen and oxygen atoms in total. The maximum absolute atomic E-state index is 6.29. The Bertz CT molecular complexity index is 994. The van der Waals surface area contributed by atoms with Gasteiger partial charge >= 0.3 is 0 Å². The Morgan fingerprint density at radius 1 is 0.848 bits per heavy atom. The van der Waals surface area contributed by atoms with Gasteiger partial charge in [-0.2, -0.15) is 0 Å². The van der Waals surface area contributed by atoms with Crippen molar-refractivity contribution in [2.24, 2.45) is 0 Å². The van der Waals surface area contributed by atoms with Gasteiger partial charge in [-0.15, -0.1) is 31.4 Å². The third-order valence-electron chi connectivity index (χ3n) is 5.43. The van der Waals surface area contributed by atoms with E-state index >= 15 is 0 Å². The van der Waals surface area contributed by atoms with Gasteiger partial charge in [0, 0.05) is 32.2 Å². The number of para-hydroxylation sites is 2. The minimum atomic E-state index is 0. The standard InChI is InChI=1S/C27H30N2O2.2ClH/c1-21(2)19-25(29-17-15-28-16-18-29)22-13-14-26(30-23-9-5-3-6-10-23)27(20-22)31-24-11-7-4-8-12-24;;/h3-14,20,25,28H,1,15-19H2,2H3;2*1H/t25-;;/m1../s1. The summed E-state index contributed by atoms with van der Waals surface area (Å²) in [6.45, 7) is 10.3. The molecule has 1 aliphatic rings. The largest absolute Gasteiger partial charge is 0.453 e. The molecule has 1 fully saturated rings. The number of hydrogen-bond donors (Lipinski definition) is 1. The van der Waals surface area contributed by atoms with Crippen LogP contribution in [0, 0.1) is 0 Å². The van der Waals surface area contributed by atoms with Crippen LogP contribution in [0.15, 0.2) is 91.0 Å².